The molecule has 0 bridgehead atoms. The maximum Gasteiger partial charge on any atom is 0.255 e. The minimum absolute atomic E-state index is 0.0255. The Bertz CT molecular complexity index is 1140. The van der Waals surface area contributed by atoms with Crippen molar-refractivity contribution in [3.63, 3.8) is 0 Å². The van der Waals surface area contributed by atoms with E-state index in [-0.39, 0.29) is 29.6 Å². The number of nitrogens with one attached hydrogen (secondary N) is 2. The smallest absolute Gasteiger partial charge is 0.255 e. The van der Waals surface area contributed by atoms with Crippen LogP contribution in [0.5, 0.6) is 5.75 Å². The van der Waals surface area contributed by atoms with Gasteiger partial charge in [-0.05, 0) is 101 Å². The first-order chi connectivity index (χ1) is 18.5. The SMILES string of the molecule is O=C1CCC(N2Cc3c(ccc4c3OCC43CCN(CC4CCC5(CCNCC5)CC4)CC3)C2=O)C(=O)N1. The Hall–Kier alpha value is -2.45. The summed E-state index contributed by atoms with van der Waals surface area (Å²) in [5, 5.41) is 5.93. The lowest BCUT2D eigenvalue weighted by Crippen LogP contribution is -2.52. The molecule has 0 radical (unpaired) electrons. The summed E-state index contributed by atoms with van der Waals surface area (Å²) in [6.45, 7) is 6.91. The van der Waals surface area contributed by atoms with E-state index in [0.717, 1.165) is 43.2 Å². The highest BCUT2D eigenvalue weighted by Crippen LogP contribution is 2.50. The fourth-order valence-electron chi connectivity index (χ4n) is 8.36. The van der Waals surface area contributed by atoms with Gasteiger partial charge in [-0.15, -0.1) is 0 Å². The van der Waals surface area contributed by atoms with E-state index in [1.807, 2.05) is 6.07 Å². The van der Waals surface area contributed by atoms with Gasteiger partial charge in [0.2, 0.25) is 11.8 Å². The van der Waals surface area contributed by atoms with Crippen LogP contribution >= 0.6 is 0 Å². The van der Waals surface area contributed by atoms with E-state index in [4.69, 9.17) is 4.74 Å². The van der Waals surface area contributed by atoms with Crippen LogP contribution in [0.15, 0.2) is 12.1 Å². The van der Waals surface area contributed by atoms with Crippen molar-refractivity contribution in [1.82, 2.24) is 20.4 Å². The molecule has 8 heteroatoms. The predicted molar refractivity (Wildman–Crippen MR) is 142 cm³/mol. The molecule has 1 aromatic carbocycles. The van der Waals surface area contributed by atoms with Crippen LogP contribution in [0.1, 0.15) is 85.7 Å². The highest BCUT2D eigenvalue weighted by Gasteiger charge is 2.48. The van der Waals surface area contributed by atoms with Crippen LogP contribution in [0, 0.1) is 11.3 Å². The summed E-state index contributed by atoms with van der Waals surface area (Å²) in [5.41, 5.74) is 3.47. The first-order valence-corrected chi connectivity index (χ1v) is 14.8. The molecule has 5 heterocycles. The third kappa shape index (κ3) is 4.06. The van der Waals surface area contributed by atoms with E-state index in [0.29, 0.717) is 30.6 Å². The van der Waals surface area contributed by atoms with Crippen molar-refractivity contribution in [1.29, 1.82) is 0 Å². The number of rotatable bonds is 3. The van der Waals surface area contributed by atoms with Gasteiger partial charge in [-0.25, -0.2) is 0 Å². The Balaban J connectivity index is 0.996. The number of piperidine rings is 3. The van der Waals surface area contributed by atoms with Gasteiger partial charge in [0.1, 0.15) is 11.8 Å². The quantitative estimate of drug-likeness (QED) is 0.596. The summed E-state index contributed by atoms with van der Waals surface area (Å²) in [7, 11) is 0. The molecule has 4 fully saturated rings. The van der Waals surface area contributed by atoms with E-state index < -0.39 is 6.04 Å². The van der Waals surface area contributed by atoms with E-state index in [9.17, 15) is 14.4 Å². The monoisotopic (exact) mass is 520 g/mol. The number of carbonyl (C=O) groups excluding carboxylic acids is 3. The molecular weight excluding hydrogens is 480 g/mol. The van der Waals surface area contributed by atoms with Gasteiger partial charge in [0, 0.05) is 35.1 Å². The van der Waals surface area contributed by atoms with Gasteiger partial charge in [-0.1, -0.05) is 6.07 Å². The number of imide groups is 1. The molecule has 5 aliphatic heterocycles. The fourth-order valence-corrected chi connectivity index (χ4v) is 8.36. The Morgan fingerprint density at radius 3 is 2.45 bits per heavy atom. The molecule has 38 heavy (non-hydrogen) atoms. The van der Waals surface area contributed by atoms with Crippen molar-refractivity contribution in [2.75, 3.05) is 39.3 Å². The van der Waals surface area contributed by atoms with Gasteiger partial charge in [0.15, 0.2) is 0 Å². The summed E-state index contributed by atoms with van der Waals surface area (Å²) in [4.78, 5) is 41.6. The second-order valence-corrected chi connectivity index (χ2v) is 12.9. The standard InChI is InChI=1S/C30H40N4O4/c35-25-4-3-24(27(36)32-25)34-18-22-21(28(34)37)1-2-23-26(22)38-19-30(23)11-15-33(16-12-30)17-20-5-7-29(8-6-20)9-13-31-14-10-29/h1-2,20,24,31H,3-19H2,(H,32,35,36). The van der Waals surface area contributed by atoms with Crippen molar-refractivity contribution in [2.24, 2.45) is 11.3 Å². The first kappa shape index (κ1) is 24.6. The molecule has 1 aliphatic carbocycles. The molecule has 2 N–H and O–H groups in total. The molecule has 3 saturated heterocycles. The van der Waals surface area contributed by atoms with Crippen LogP contribution in [-0.2, 0) is 21.5 Å². The first-order valence-electron chi connectivity index (χ1n) is 14.8. The number of likely N-dealkylation sites (tertiary alicyclic amines) is 1. The van der Waals surface area contributed by atoms with Crippen LogP contribution in [0.2, 0.25) is 0 Å². The molecule has 8 nitrogen and oxygen atoms in total. The Labute approximate surface area is 224 Å². The van der Waals surface area contributed by atoms with Crippen molar-refractivity contribution in [2.45, 2.75) is 82.2 Å². The molecule has 1 unspecified atom stereocenters. The minimum Gasteiger partial charge on any atom is -0.492 e. The molecular formula is C30H40N4O4. The molecule has 1 saturated carbocycles. The second-order valence-electron chi connectivity index (χ2n) is 12.9. The zero-order chi connectivity index (χ0) is 25.9. The third-order valence-electron chi connectivity index (χ3n) is 10.9. The highest BCUT2D eigenvalue weighted by atomic mass is 16.5. The van der Waals surface area contributed by atoms with Gasteiger partial charge < -0.3 is 19.9 Å². The van der Waals surface area contributed by atoms with Gasteiger partial charge in [-0.3, -0.25) is 19.7 Å². The molecule has 6 aliphatic rings. The highest BCUT2D eigenvalue weighted by molar-refractivity contribution is 6.05. The Morgan fingerprint density at radius 1 is 0.947 bits per heavy atom. The summed E-state index contributed by atoms with van der Waals surface area (Å²) in [6.07, 6.45) is 11.2. The maximum absolute atomic E-state index is 13.2. The average Bonchev–Trinajstić information content (AvgIpc) is 3.45. The number of hydrogen-bond donors (Lipinski definition) is 2. The van der Waals surface area contributed by atoms with E-state index in [1.54, 1.807) is 4.90 Å². The lowest BCUT2D eigenvalue weighted by atomic mass is 9.65. The fraction of sp³-hybridized carbons (Fsp3) is 0.700. The van der Waals surface area contributed by atoms with E-state index >= 15 is 0 Å². The number of nitrogens with zero attached hydrogens (tertiary/aromatic N) is 2. The summed E-state index contributed by atoms with van der Waals surface area (Å²) in [5.74, 6) is 0.952. The zero-order valence-electron chi connectivity index (χ0n) is 22.4. The van der Waals surface area contributed by atoms with Crippen LogP contribution in [0.25, 0.3) is 0 Å². The van der Waals surface area contributed by atoms with Crippen LogP contribution in [0.4, 0.5) is 0 Å². The predicted octanol–water partition coefficient (Wildman–Crippen LogP) is 2.73. The van der Waals surface area contributed by atoms with E-state index in [2.05, 4.69) is 21.6 Å². The van der Waals surface area contributed by atoms with E-state index in [1.165, 1.54) is 63.7 Å². The van der Waals surface area contributed by atoms with Crippen LogP contribution < -0.4 is 15.4 Å². The molecule has 2 spiro atoms. The molecule has 3 amide bonds. The summed E-state index contributed by atoms with van der Waals surface area (Å²) in [6, 6.07) is 3.47. The zero-order valence-corrected chi connectivity index (χ0v) is 22.4. The lowest BCUT2D eigenvalue weighted by molar-refractivity contribution is -0.136. The minimum atomic E-state index is -0.591. The van der Waals surface area contributed by atoms with Crippen LogP contribution in [0.3, 0.4) is 0 Å². The number of amides is 3. The number of benzene rings is 1. The van der Waals surface area contributed by atoms with Crippen molar-refractivity contribution in [3.8, 4) is 5.75 Å². The van der Waals surface area contributed by atoms with Crippen molar-refractivity contribution in [3.05, 3.63) is 28.8 Å². The second kappa shape index (κ2) is 9.33. The van der Waals surface area contributed by atoms with Gasteiger partial charge in [0.25, 0.3) is 5.91 Å². The molecule has 0 aromatic heterocycles. The normalized spacial score (nSPS) is 28.9. The topological polar surface area (TPSA) is 91.0 Å². The molecule has 1 aromatic rings. The summed E-state index contributed by atoms with van der Waals surface area (Å²) >= 11 is 0. The van der Waals surface area contributed by atoms with Gasteiger partial charge >= 0.3 is 0 Å². The van der Waals surface area contributed by atoms with Gasteiger partial charge in [0.05, 0.1) is 13.2 Å². The number of carbonyl (C=O) groups is 3. The third-order valence-corrected chi connectivity index (χ3v) is 10.9. The average molecular weight is 521 g/mol. The molecule has 1 atom stereocenters. The molecule has 7 rings (SSSR count). The van der Waals surface area contributed by atoms with Crippen molar-refractivity contribution < 1.29 is 19.1 Å². The Morgan fingerprint density at radius 2 is 1.71 bits per heavy atom. The summed E-state index contributed by atoms with van der Waals surface area (Å²) < 4.78 is 6.35. The van der Waals surface area contributed by atoms with Crippen LogP contribution in [-0.4, -0.2) is 72.9 Å². The Kier molecular flexibility index (Phi) is 6.04. The lowest BCUT2D eigenvalue weighted by Gasteiger charge is -2.45. The number of fused-ring (bicyclic) bond motifs is 4. The largest absolute Gasteiger partial charge is 0.492 e. The van der Waals surface area contributed by atoms with Crippen molar-refractivity contribution >= 4 is 17.7 Å². The van der Waals surface area contributed by atoms with Gasteiger partial charge in [-0.2, -0.15) is 0 Å². The maximum atomic E-state index is 13.2. The number of hydrogen-bond acceptors (Lipinski definition) is 6. The number of ether oxygens (including phenoxy) is 1. The molecule has 204 valence electrons.